The van der Waals surface area contributed by atoms with Crippen molar-refractivity contribution < 1.29 is 0 Å². The summed E-state index contributed by atoms with van der Waals surface area (Å²) < 4.78 is 0. The molecular formula is C12H18N2. The molecule has 0 spiro atoms. The smallest absolute Gasteiger partial charge is 0.0655 e. The highest BCUT2D eigenvalue weighted by Crippen LogP contribution is 2.08. The Morgan fingerprint density at radius 2 is 2.21 bits per heavy atom. The minimum atomic E-state index is 1.02. The molecule has 0 aliphatic carbocycles. The zero-order chi connectivity index (χ0) is 10.4. The Morgan fingerprint density at radius 1 is 1.43 bits per heavy atom. The third-order valence-corrected chi connectivity index (χ3v) is 2.09. The predicted molar refractivity (Wildman–Crippen MR) is 61.3 cm³/mol. The average Bonchev–Trinajstić information content (AvgIpc) is 2.15. The molecule has 2 nitrogen and oxygen atoms in total. The fourth-order valence-electron chi connectivity index (χ4n) is 1.32. The standard InChI is InChI=1S/C12H18N2/c1-10-8-11(2)12(14-9-10)6-4-5-7-13-3/h4,6,8-9,13H,5,7H2,1-3H3. The molecule has 14 heavy (non-hydrogen) atoms. The van der Waals surface area contributed by atoms with E-state index < -0.39 is 0 Å². The van der Waals surface area contributed by atoms with E-state index in [9.17, 15) is 0 Å². The third kappa shape index (κ3) is 3.30. The van der Waals surface area contributed by atoms with Gasteiger partial charge in [0.2, 0.25) is 0 Å². The molecule has 2 heteroatoms. The van der Waals surface area contributed by atoms with E-state index in [0.717, 1.165) is 18.7 Å². The van der Waals surface area contributed by atoms with Crippen LogP contribution in [0.5, 0.6) is 0 Å². The van der Waals surface area contributed by atoms with Crippen LogP contribution in [0.2, 0.25) is 0 Å². The lowest BCUT2D eigenvalue weighted by molar-refractivity contribution is 0.809. The van der Waals surface area contributed by atoms with Crippen molar-refractivity contribution in [1.29, 1.82) is 0 Å². The molecule has 0 fully saturated rings. The second kappa shape index (κ2) is 5.55. The van der Waals surface area contributed by atoms with Crippen molar-refractivity contribution in [3.63, 3.8) is 0 Å². The molecular weight excluding hydrogens is 172 g/mol. The molecule has 0 bridgehead atoms. The van der Waals surface area contributed by atoms with Gasteiger partial charge in [0.25, 0.3) is 0 Å². The van der Waals surface area contributed by atoms with Gasteiger partial charge >= 0.3 is 0 Å². The van der Waals surface area contributed by atoms with Crippen LogP contribution in [0.15, 0.2) is 18.3 Å². The highest BCUT2D eigenvalue weighted by Gasteiger charge is 1.94. The van der Waals surface area contributed by atoms with E-state index in [1.54, 1.807) is 0 Å². The molecule has 0 radical (unpaired) electrons. The van der Waals surface area contributed by atoms with Crippen molar-refractivity contribution >= 4 is 6.08 Å². The Bertz CT molecular complexity index is 316. The molecule has 1 aromatic rings. The molecule has 0 amide bonds. The Labute approximate surface area is 86.1 Å². The van der Waals surface area contributed by atoms with Gasteiger partial charge in [0, 0.05) is 6.20 Å². The number of nitrogens with one attached hydrogen (secondary N) is 1. The summed E-state index contributed by atoms with van der Waals surface area (Å²) in [5.74, 6) is 0. The molecule has 0 aromatic carbocycles. The van der Waals surface area contributed by atoms with E-state index in [1.807, 2.05) is 13.2 Å². The van der Waals surface area contributed by atoms with E-state index in [0.29, 0.717) is 0 Å². The van der Waals surface area contributed by atoms with Gasteiger partial charge in [-0.05, 0) is 51.1 Å². The van der Waals surface area contributed by atoms with E-state index in [2.05, 4.69) is 42.4 Å². The van der Waals surface area contributed by atoms with Gasteiger partial charge < -0.3 is 5.32 Å². The third-order valence-electron chi connectivity index (χ3n) is 2.09. The van der Waals surface area contributed by atoms with Crippen LogP contribution in [0, 0.1) is 13.8 Å². The molecule has 1 N–H and O–H groups in total. The summed E-state index contributed by atoms with van der Waals surface area (Å²) in [5, 5.41) is 3.11. The van der Waals surface area contributed by atoms with Crippen LogP contribution < -0.4 is 5.32 Å². The first-order valence-corrected chi connectivity index (χ1v) is 4.98. The first-order valence-electron chi connectivity index (χ1n) is 4.98. The number of rotatable bonds is 4. The van der Waals surface area contributed by atoms with E-state index >= 15 is 0 Å². The summed E-state index contributed by atoms with van der Waals surface area (Å²) in [7, 11) is 1.96. The maximum Gasteiger partial charge on any atom is 0.0655 e. The number of hydrogen-bond acceptors (Lipinski definition) is 2. The number of hydrogen-bond donors (Lipinski definition) is 1. The van der Waals surface area contributed by atoms with Crippen molar-refractivity contribution in [2.24, 2.45) is 0 Å². The molecule has 0 aliphatic rings. The molecule has 76 valence electrons. The summed E-state index contributed by atoms with van der Waals surface area (Å²) in [4.78, 5) is 4.37. The average molecular weight is 190 g/mol. The second-order valence-electron chi connectivity index (χ2n) is 3.51. The lowest BCUT2D eigenvalue weighted by Gasteiger charge is -2.00. The van der Waals surface area contributed by atoms with Crippen molar-refractivity contribution in [2.45, 2.75) is 20.3 Å². The van der Waals surface area contributed by atoms with Crippen LogP contribution in [0.1, 0.15) is 23.2 Å². The molecule has 0 unspecified atom stereocenters. The molecule has 0 saturated carbocycles. The van der Waals surface area contributed by atoms with Crippen LogP contribution in [-0.2, 0) is 0 Å². The van der Waals surface area contributed by atoms with Gasteiger partial charge in [-0.2, -0.15) is 0 Å². The van der Waals surface area contributed by atoms with Crippen molar-refractivity contribution in [3.8, 4) is 0 Å². The molecule has 0 aliphatic heterocycles. The zero-order valence-corrected chi connectivity index (χ0v) is 9.17. The largest absolute Gasteiger partial charge is 0.319 e. The number of pyridine rings is 1. The van der Waals surface area contributed by atoms with Gasteiger partial charge in [0.05, 0.1) is 5.69 Å². The van der Waals surface area contributed by atoms with Crippen LogP contribution in [0.4, 0.5) is 0 Å². The number of aromatic nitrogens is 1. The molecule has 0 saturated heterocycles. The van der Waals surface area contributed by atoms with Gasteiger partial charge in [0.1, 0.15) is 0 Å². The Hall–Kier alpha value is -1.15. The van der Waals surface area contributed by atoms with Crippen LogP contribution in [0.25, 0.3) is 6.08 Å². The summed E-state index contributed by atoms with van der Waals surface area (Å²) in [6.45, 7) is 5.17. The fourth-order valence-corrected chi connectivity index (χ4v) is 1.32. The van der Waals surface area contributed by atoms with E-state index in [1.165, 1.54) is 11.1 Å². The normalized spacial score (nSPS) is 11.1. The number of aryl methyl sites for hydroxylation is 2. The van der Waals surface area contributed by atoms with Gasteiger partial charge in [-0.1, -0.05) is 12.1 Å². The Balaban J connectivity index is 2.62. The molecule has 1 aromatic heterocycles. The highest BCUT2D eigenvalue weighted by molar-refractivity contribution is 5.49. The SMILES string of the molecule is CNCCC=Cc1ncc(C)cc1C. The fraction of sp³-hybridized carbons (Fsp3) is 0.417. The van der Waals surface area contributed by atoms with Gasteiger partial charge in [-0.3, -0.25) is 4.98 Å². The van der Waals surface area contributed by atoms with Crippen molar-refractivity contribution in [3.05, 3.63) is 35.2 Å². The highest BCUT2D eigenvalue weighted by atomic mass is 14.8. The lowest BCUT2D eigenvalue weighted by Crippen LogP contribution is -2.05. The summed E-state index contributed by atoms with van der Waals surface area (Å²) >= 11 is 0. The minimum Gasteiger partial charge on any atom is -0.319 e. The van der Waals surface area contributed by atoms with Gasteiger partial charge in [-0.15, -0.1) is 0 Å². The van der Waals surface area contributed by atoms with E-state index in [-0.39, 0.29) is 0 Å². The topological polar surface area (TPSA) is 24.9 Å². The summed E-state index contributed by atoms with van der Waals surface area (Å²) in [5.41, 5.74) is 3.53. The molecule has 1 rings (SSSR count). The number of nitrogens with zero attached hydrogens (tertiary/aromatic N) is 1. The van der Waals surface area contributed by atoms with Gasteiger partial charge in [-0.25, -0.2) is 0 Å². The monoisotopic (exact) mass is 190 g/mol. The first-order chi connectivity index (χ1) is 6.74. The van der Waals surface area contributed by atoms with Crippen molar-refractivity contribution in [2.75, 3.05) is 13.6 Å². The van der Waals surface area contributed by atoms with Crippen molar-refractivity contribution in [1.82, 2.24) is 10.3 Å². The quantitative estimate of drug-likeness (QED) is 0.737. The first kappa shape index (κ1) is 10.9. The second-order valence-corrected chi connectivity index (χ2v) is 3.51. The molecule has 0 atom stereocenters. The van der Waals surface area contributed by atoms with E-state index in [4.69, 9.17) is 0 Å². The maximum atomic E-state index is 4.37. The lowest BCUT2D eigenvalue weighted by atomic mass is 10.1. The predicted octanol–water partition coefficient (Wildman–Crippen LogP) is 2.32. The Kier molecular flexibility index (Phi) is 4.33. The minimum absolute atomic E-state index is 1.02. The summed E-state index contributed by atoms with van der Waals surface area (Å²) in [6.07, 6.45) is 7.20. The van der Waals surface area contributed by atoms with Gasteiger partial charge in [0.15, 0.2) is 0 Å². The maximum absolute atomic E-state index is 4.37. The van der Waals surface area contributed by atoms with Crippen LogP contribution in [0.3, 0.4) is 0 Å². The summed E-state index contributed by atoms with van der Waals surface area (Å²) in [6, 6.07) is 2.16. The van der Waals surface area contributed by atoms with Crippen LogP contribution in [-0.4, -0.2) is 18.6 Å². The zero-order valence-electron chi connectivity index (χ0n) is 9.17. The van der Waals surface area contributed by atoms with Crippen LogP contribution >= 0.6 is 0 Å². The Morgan fingerprint density at radius 3 is 2.86 bits per heavy atom. The molecule has 1 heterocycles.